The summed E-state index contributed by atoms with van der Waals surface area (Å²) >= 11 is 0. The van der Waals surface area contributed by atoms with Gasteiger partial charge in [-0.1, -0.05) is 0 Å². The lowest BCUT2D eigenvalue weighted by Gasteiger charge is -2.19. The van der Waals surface area contributed by atoms with E-state index in [4.69, 9.17) is 15.1 Å². The van der Waals surface area contributed by atoms with E-state index in [0.29, 0.717) is 13.2 Å². The van der Waals surface area contributed by atoms with E-state index in [9.17, 15) is 9.59 Å². The normalized spacial score (nSPS) is 9.25. The fraction of sp³-hybridized carbons (Fsp3) is 0.667. The molecule has 7 heteroatoms. The number of hydrogen-bond donors (Lipinski definition) is 2. The molecule has 0 unspecified atom stereocenters. The van der Waals surface area contributed by atoms with Crippen LogP contribution in [0.15, 0.2) is 0 Å². The minimum Gasteiger partial charge on any atom is -0.480 e. The van der Waals surface area contributed by atoms with Gasteiger partial charge in [-0.15, -0.1) is 0 Å². The van der Waals surface area contributed by atoms with Gasteiger partial charge in [0, 0.05) is 20.2 Å². The van der Waals surface area contributed by atoms with Gasteiger partial charge in [0.05, 0.1) is 19.1 Å². The maximum Gasteiger partial charge on any atom is 0.323 e. The van der Waals surface area contributed by atoms with Crippen LogP contribution in [0.3, 0.4) is 0 Å². The highest BCUT2D eigenvalue weighted by molar-refractivity contribution is 5.80. The number of aliphatic carboxylic acids is 1. The number of methoxy groups -OCH3 is 1. The number of nitriles is 1. The molecule has 0 aliphatic carbocycles. The highest BCUT2D eigenvalue weighted by atomic mass is 16.5. The van der Waals surface area contributed by atoms with Crippen molar-refractivity contribution in [1.82, 2.24) is 10.2 Å². The molecule has 0 atom stereocenters. The third kappa shape index (κ3) is 6.62. The SMILES string of the molecule is COCCNC(=O)N(CCC#N)CC(=O)O. The number of carbonyl (C=O) groups is 2. The third-order valence-corrected chi connectivity index (χ3v) is 1.69. The molecule has 0 aromatic rings. The van der Waals surface area contributed by atoms with E-state index in [-0.39, 0.29) is 13.0 Å². The van der Waals surface area contributed by atoms with Crippen LogP contribution in [-0.4, -0.2) is 55.4 Å². The van der Waals surface area contributed by atoms with Gasteiger partial charge in [-0.05, 0) is 0 Å². The number of rotatable bonds is 7. The summed E-state index contributed by atoms with van der Waals surface area (Å²) in [5, 5.41) is 19.4. The highest BCUT2D eigenvalue weighted by Gasteiger charge is 2.15. The van der Waals surface area contributed by atoms with Crippen molar-refractivity contribution in [1.29, 1.82) is 5.26 Å². The third-order valence-electron chi connectivity index (χ3n) is 1.69. The molecule has 0 heterocycles. The quantitative estimate of drug-likeness (QED) is 0.580. The Balaban J connectivity index is 4.10. The van der Waals surface area contributed by atoms with Crippen molar-refractivity contribution in [3.8, 4) is 6.07 Å². The first-order valence-corrected chi connectivity index (χ1v) is 4.72. The molecule has 0 aliphatic rings. The predicted molar refractivity (Wildman–Crippen MR) is 54.7 cm³/mol. The average Bonchev–Trinajstić information content (AvgIpc) is 2.23. The average molecular weight is 229 g/mol. The molecule has 0 radical (unpaired) electrons. The number of carboxylic acids is 1. The van der Waals surface area contributed by atoms with Crippen LogP contribution in [0, 0.1) is 11.3 Å². The second kappa shape index (κ2) is 8.49. The number of amides is 2. The molecule has 2 amide bonds. The fourth-order valence-electron chi connectivity index (χ4n) is 0.972. The molecule has 2 N–H and O–H groups in total. The van der Waals surface area contributed by atoms with E-state index in [0.717, 1.165) is 4.90 Å². The van der Waals surface area contributed by atoms with Crippen molar-refractivity contribution in [2.45, 2.75) is 6.42 Å². The van der Waals surface area contributed by atoms with Gasteiger partial charge in [0.2, 0.25) is 0 Å². The van der Waals surface area contributed by atoms with Crippen LogP contribution >= 0.6 is 0 Å². The van der Waals surface area contributed by atoms with Crippen molar-refractivity contribution in [3.05, 3.63) is 0 Å². The zero-order chi connectivity index (χ0) is 12.4. The van der Waals surface area contributed by atoms with Crippen molar-refractivity contribution in [2.24, 2.45) is 0 Å². The summed E-state index contributed by atoms with van der Waals surface area (Å²) in [6.07, 6.45) is 0.102. The Morgan fingerprint density at radius 2 is 2.25 bits per heavy atom. The maximum absolute atomic E-state index is 11.4. The van der Waals surface area contributed by atoms with Gasteiger partial charge in [0.25, 0.3) is 0 Å². The first-order valence-electron chi connectivity index (χ1n) is 4.72. The molecule has 0 spiro atoms. The maximum atomic E-state index is 11.4. The fourth-order valence-corrected chi connectivity index (χ4v) is 0.972. The first-order chi connectivity index (χ1) is 7.61. The minimum absolute atomic E-state index is 0.0988. The number of hydrogen-bond acceptors (Lipinski definition) is 4. The van der Waals surface area contributed by atoms with Crippen LogP contribution < -0.4 is 5.32 Å². The number of ether oxygens (including phenoxy) is 1. The summed E-state index contributed by atoms with van der Waals surface area (Å²) in [4.78, 5) is 23.0. The summed E-state index contributed by atoms with van der Waals surface area (Å²) in [7, 11) is 1.50. The molecule has 0 saturated carbocycles. The first kappa shape index (κ1) is 14.2. The highest BCUT2D eigenvalue weighted by Crippen LogP contribution is 1.92. The molecule has 0 saturated heterocycles. The Labute approximate surface area is 93.6 Å². The van der Waals surface area contributed by atoms with Gasteiger partial charge >= 0.3 is 12.0 Å². The summed E-state index contributed by atoms with van der Waals surface area (Å²) in [5.41, 5.74) is 0. The van der Waals surface area contributed by atoms with Gasteiger partial charge in [0.15, 0.2) is 0 Å². The Hall–Kier alpha value is -1.81. The number of carbonyl (C=O) groups excluding carboxylic acids is 1. The number of carboxylic acid groups (broad SMARTS) is 1. The minimum atomic E-state index is -1.11. The smallest absolute Gasteiger partial charge is 0.323 e. The monoisotopic (exact) mass is 229 g/mol. The Bertz CT molecular complexity index is 274. The molecular weight excluding hydrogens is 214 g/mol. The van der Waals surface area contributed by atoms with Crippen LogP contribution in [0.1, 0.15) is 6.42 Å². The molecule has 90 valence electrons. The van der Waals surface area contributed by atoms with E-state index >= 15 is 0 Å². The Morgan fingerprint density at radius 1 is 1.56 bits per heavy atom. The zero-order valence-corrected chi connectivity index (χ0v) is 9.10. The van der Waals surface area contributed by atoms with Crippen molar-refractivity contribution >= 4 is 12.0 Å². The van der Waals surface area contributed by atoms with Crippen LogP contribution in [0.5, 0.6) is 0 Å². The van der Waals surface area contributed by atoms with Crippen molar-refractivity contribution in [3.63, 3.8) is 0 Å². The summed E-state index contributed by atoms with van der Waals surface area (Å²) in [5.74, 6) is -1.11. The van der Waals surface area contributed by atoms with Crippen molar-refractivity contribution < 1.29 is 19.4 Å². The van der Waals surface area contributed by atoms with Gasteiger partial charge in [-0.3, -0.25) is 4.79 Å². The van der Waals surface area contributed by atoms with E-state index in [1.807, 2.05) is 6.07 Å². The van der Waals surface area contributed by atoms with E-state index < -0.39 is 18.5 Å². The Kier molecular flexibility index (Phi) is 7.53. The van der Waals surface area contributed by atoms with Gasteiger partial charge in [-0.2, -0.15) is 5.26 Å². The zero-order valence-electron chi connectivity index (χ0n) is 9.10. The number of urea groups is 1. The molecule has 7 nitrogen and oxygen atoms in total. The summed E-state index contributed by atoms with van der Waals surface area (Å²) in [6, 6.07) is 1.35. The van der Waals surface area contributed by atoms with Crippen LogP contribution in [0.2, 0.25) is 0 Å². The predicted octanol–water partition coefficient (Wildman–Crippen LogP) is -0.357. The van der Waals surface area contributed by atoms with E-state index in [2.05, 4.69) is 5.32 Å². The van der Waals surface area contributed by atoms with Crippen LogP contribution in [0.4, 0.5) is 4.79 Å². The molecule has 16 heavy (non-hydrogen) atoms. The second-order valence-electron chi connectivity index (χ2n) is 2.95. The Morgan fingerprint density at radius 3 is 2.75 bits per heavy atom. The largest absolute Gasteiger partial charge is 0.480 e. The molecule has 0 bridgehead atoms. The second-order valence-corrected chi connectivity index (χ2v) is 2.95. The number of nitrogens with zero attached hydrogens (tertiary/aromatic N) is 2. The summed E-state index contributed by atoms with van der Waals surface area (Å²) < 4.78 is 4.73. The van der Waals surface area contributed by atoms with Gasteiger partial charge in [0.1, 0.15) is 6.54 Å². The molecule has 0 aliphatic heterocycles. The lowest BCUT2D eigenvalue weighted by molar-refractivity contribution is -0.137. The topological polar surface area (TPSA) is 103 Å². The van der Waals surface area contributed by atoms with E-state index in [1.165, 1.54) is 7.11 Å². The lowest BCUT2D eigenvalue weighted by Crippen LogP contribution is -2.44. The van der Waals surface area contributed by atoms with Gasteiger partial charge in [-0.25, -0.2) is 4.79 Å². The summed E-state index contributed by atoms with van der Waals surface area (Å²) in [6.45, 7) is 0.338. The van der Waals surface area contributed by atoms with Crippen LogP contribution in [0.25, 0.3) is 0 Å². The molecule has 0 aromatic heterocycles. The molecule has 0 rings (SSSR count). The van der Waals surface area contributed by atoms with Crippen LogP contribution in [-0.2, 0) is 9.53 Å². The molecule has 0 fully saturated rings. The van der Waals surface area contributed by atoms with E-state index in [1.54, 1.807) is 0 Å². The van der Waals surface area contributed by atoms with Gasteiger partial charge < -0.3 is 20.1 Å². The molecule has 0 aromatic carbocycles. The molecular formula is C9H15N3O4. The van der Waals surface area contributed by atoms with Crippen molar-refractivity contribution in [2.75, 3.05) is 33.4 Å². The lowest BCUT2D eigenvalue weighted by atomic mass is 10.4. The number of nitrogens with one attached hydrogen (secondary N) is 1. The standard InChI is InChI=1S/C9H15N3O4/c1-16-6-4-11-9(15)12(5-2-3-10)7-8(13)14/h2,4-7H2,1H3,(H,11,15)(H,13,14).